The lowest BCUT2D eigenvalue weighted by Gasteiger charge is -2.13. The number of rotatable bonds is 3. The first-order valence-corrected chi connectivity index (χ1v) is 6.22. The largest absolute Gasteiger partial charge is 0.417 e. The molecule has 1 aromatic heterocycles. The third kappa shape index (κ3) is 3.17. The van der Waals surface area contributed by atoms with Gasteiger partial charge in [-0.05, 0) is 29.7 Å². The lowest BCUT2D eigenvalue weighted by molar-refractivity contribution is -0.137. The Balaban J connectivity index is 2.26. The molecule has 0 amide bonds. The molecule has 1 unspecified atom stereocenters. The van der Waals surface area contributed by atoms with Crippen LogP contribution in [-0.4, -0.2) is 10.1 Å². The minimum atomic E-state index is -4.42. The summed E-state index contributed by atoms with van der Waals surface area (Å²) in [5, 5.41) is 10.2. The molecule has 0 aliphatic heterocycles. The molecule has 106 valence electrons. The molecule has 0 aliphatic carbocycles. The molecular weight excluding hydrogens is 267 g/mol. The van der Waals surface area contributed by atoms with E-state index in [1.54, 1.807) is 6.07 Å². The minimum Gasteiger partial charge on any atom is -0.382 e. The molecule has 0 spiro atoms. The molecule has 0 saturated heterocycles. The lowest BCUT2D eigenvalue weighted by Crippen LogP contribution is -2.08. The summed E-state index contributed by atoms with van der Waals surface area (Å²) < 4.78 is 37.3. The molecular formula is C15H14F3NO. The Hall–Kier alpha value is -1.88. The Morgan fingerprint density at radius 1 is 1.20 bits per heavy atom. The van der Waals surface area contributed by atoms with Gasteiger partial charge in [-0.15, -0.1) is 0 Å². The molecule has 0 radical (unpaired) electrons. The van der Waals surface area contributed by atoms with Crippen LogP contribution < -0.4 is 0 Å². The van der Waals surface area contributed by atoms with Gasteiger partial charge in [0.05, 0.1) is 11.3 Å². The first-order valence-electron chi connectivity index (χ1n) is 6.22. The highest BCUT2D eigenvalue weighted by molar-refractivity contribution is 5.30. The van der Waals surface area contributed by atoms with Gasteiger partial charge in [0.15, 0.2) is 0 Å². The van der Waals surface area contributed by atoms with Gasteiger partial charge in [0.2, 0.25) is 0 Å². The number of halogens is 3. The number of alkyl halides is 3. The molecule has 2 rings (SSSR count). The molecule has 0 bridgehead atoms. The van der Waals surface area contributed by atoms with Gasteiger partial charge < -0.3 is 5.11 Å². The highest BCUT2D eigenvalue weighted by Crippen LogP contribution is 2.29. The number of hydrogen-bond donors (Lipinski definition) is 1. The van der Waals surface area contributed by atoms with E-state index >= 15 is 0 Å². The van der Waals surface area contributed by atoms with Gasteiger partial charge in [0, 0.05) is 6.20 Å². The third-order valence-corrected chi connectivity index (χ3v) is 3.07. The topological polar surface area (TPSA) is 33.1 Å². The normalized spacial score (nSPS) is 13.2. The van der Waals surface area contributed by atoms with Gasteiger partial charge in [0.25, 0.3) is 0 Å². The van der Waals surface area contributed by atoms with E-state index in [9.17, 15) is 18.3 Å². The zero-order chi connectivity index (χ0) is 14.8. The monoisotopic (exact) mass is 281 g/mol. The number of nitrogens with zero attached hydrogens (tertiary/aromatic N) is 1. The van der Waals surface area contributed by atoms with Crippen molar-refractivity contribution in [2.24, 2.45) is 0 Å². The van der Waals surface area contributed by atoms with Crippen molar-refractivity contribution in [3.05, 3.63) is 65.0 Å². The summed E-state index contributed by atoms with van der Waals surface area (Å²) in [6, 6.07) is 9.41. The summed E-state index contributed by atoms with van der Waals surface area (Å²) in [5.74, 6) is 0. The molecule has 5 heteroatoms. The summed E-state index contributed by atoms with van der Waals surface area (Å²) in [6.45, 7) is 1.99. The molecule has 1 N–H and O–H groups in total. The van der Waals surface area contributed by atoms with E-state index in [-0.39, 0.29) is 5.69 Å². The van der Waals surface area contributed by atoms with Crippen LogP contribution in [0.1, 0.15) is 35.4 Å². The van der Waals surface area contributed by atoms with E-state index in [0.29, 0.717) is 5.56 Å². The maximum absolute atomic E-state index is 12.4. The molecule has 20 heavy (non-hydrogen) atoms. The van der Waals surface area contributed by atoms with Crippen molar-refractivity contribution in [1.29, 1.82) is 0 Å². The van der Waals surface area contributed by atoms with Crippen molar-refractivity contribution in [2.45, 2.75) is 25.6 Å². The molecule has 1 heterocycles. The van der Waals surface area contributed by atoms with Crippen LogP contribution in [0, 0.1) is 0 Å². The van der Waals surface area contributed by atoms with E-state index < -0.39 is 17.8 Å². The second-order valence-electron chi connectivity index (χ2n) is 4.47. The standard InChI is InChI=1S/C15H14F3NO/c1-2-10-4-3-5-11(8-10)14(20)13-7-6-12(9-19-13)15(16,17)18/h3-9,14,20H,2H2,1H3. The van der Waals surface area contributed by atoms with Crippen LogP contribution in [0.5, 0.6) is 0 Å². The maximum atomic E-state index is 12.4. The van der Waals surface area contributed by atoms with Crippen molar-refractivity contribution in [2.75, 3.05) is 0 Å². The number of hydrogen-bond acceptors (Lipinski definition) is 2. The fourth-order valence-corrected chi connectivity index (χ4v) is 1.89. The van der Waals surface area contributed by atoms with Crippen molar-refractivity contribution in [3.63, 3.8) is 0 Å². The van der Waals surface area contributed by atoms with Crippen LogP contribution in [0.4, 0.5) is 13.2 Å². The fraction of sp³-hybridized carbons (Fsp3) is 0.267. The first kappa shape index (κ1) is 14.5. The van der Waals surface area contributed by atoms with Crippen molar-refractivity contribution >= 4 is 0 Å². The van der Waals surface area contributed by atoms with Crippen LogP contribution in [0.25, 0.3) is 0 Å². The van der Waals surface area contributed by atoms with E-state index in [2.05, 4.69) is 4.98 Å². The molecule has 0 aliphatic rings. The van der Waals surface area contributed by atoms with Gasteiger partial charge in [-0.25, -0.2) is 0 Å². The molecule has 0 saturated carbocycles. The zero-order valence-corrected chi connectivity index (χ0v) is 10.9. The van der Waals surface area contributed by atoms with Gasteiger partial charge in [-0.2, -0.15) is 13.2 Å². The van der Waals surface area contributed by atoms with Gasteiger partial charge in [-0.3, -0.25) is 4.98 Å². The summed E-state index contributed by atoms with van der Waals surface area (Å²) >= 11 is 0. The second-order valence-corrected chi connectivity index (χ2v) is 4.47. The van der Waals surface area contributed by atoms with E-state index in [1.165, 1.54) is 6.07 Å². The molecule has 2 nitrogen and oxygen atoms in total. The molecule has 1 atom stereocenters. The first-order chi connectivity index (χ1) is 9.41. The Kier molecular flexibility index (Phi) is 4.09. The highest BCUT2D eigenvalue weighted by atomic mass is 19.4. The number of aromatic nitrogens is 1. The summed E-state index contributed by atoms with van der Waals surface area (Å²) in [5.41, 5.74) is 1.05. The number of aryl methyl sites for hydroxylation is 1. The molecule has 2 aromatic rings. The highest BCUT2D eigenvalue weighted by Gasteiger charge is 2.31. The van der Waals surface area contributed by atoms with Crippen molar-refractivity contribution in [1.82, 2.24) is 4.98 Å². The van der Waals surface area contributed by atoms with Gasteiger partial charge in [-0.1, -0.05) is 31.2 Å². The number of benzene rings is 1. The van der Waals surface area contributed by atoms with Crippen LogP contribution in [0.15, 0.2) is 42.6 Å². The van der Waals surface area contributed by atoms with Crippen LogP contribution in [0.2, 0.25) is 0 Å². The average molecular weight is 281 g/mol. The van der Waals surface area contributed by atoms with Crippen molar-refractivity contribution in [3.8, 4) is 0 Å². The smallest absolute Gasteiger partial charge is 0.382 e. The molecule has 1 aromatic carbocycles. The van der Waals surface area contributed by atoms with Crippen LogP contribution in [0.3, 0.4) is 0 Å². The van der Waals surface area contributed by atoms with Crippen molar-refractivity contribution < 1.29 is 18.3 Å². The number of aliphatic hydroxyl groups excluding tert-OH is 1. The number of aliphatic hydroxyl groups is 1. The fourth-order valence-electron chi connectivity index (χ4n) is 1.89. The van der Waals surface area contributed by atoms with Crippen LogP contribution in [-0.2, 0) is 12.6 Å². The minimum absolute atomic E-state index is 0.200. The Morgan fingerprint density at radius 2 is 1.95 bits per heavy atom. The quantitative estimate of drug-likeness (QED) is 0.929. The zero-order valence-electron chi connectivity index (χ0n) is 10.9. The van der Waals surface area contributed by atoms with Gasteiger partial charge >= 0.3 is 6.18 Å². The maximum Gasteiger partial charge on any atom is 0.417 e. The number of pyridine rings is 1. The van der Waals surface area contributed by atoms with E-state index in [0.717, 1.165) is 24.2 Å². The summed E-state index contributed by atoms with van der Waals surface area (Å²) in [7, 11) is 0. The average Bonchev–Trinajstić information content (AvgIpc) is 2.46. The van der Waals surface area contributed by atoms with Crippen LogP contribution >= 0.6 is 0 Å². The third-order valence-electron chi connectivity index (χ3n) is 3.07. The predicted molar refractivity (Wildman–Crippen MR) is 69.1 cm³/mol. The Labute approximate surface area is 114 Å². The Morgan fingerprint density at radius 3 is 2.50 bits per heavy atom. The van der Waals surface area contributed by atoms with Gasteiger partial charge in [0.1, 0.15) is 6.10 Å². The predicted octanol–water partition coefficient (Wildman–Crippen LogP) is 3.74. The SMILES string of the molecule is CCc1cccc(C(O)c2ccc(C(F)(F)F)cn2)c1. The van der Waals surface area contributed by atoms with E-state index in [4.69, 9.17) is 0 Å². The van der Waals surface area contributed by atoms with E-state index in [1.807, 2.05) is 25.1 Å². The second kappa shape index (κ2) is 5.63. The molecule has 0 fully saturated rings. The lowest BCUT2D eigenvalue weighted by atomic mass is 10.0. The summed E-state index contributed by atoms with van der Waals surface area (Å²) in [6.07, 6.45) is -3.88. The summed E-state index contributed by atoms with van der Waals surface area (Å²) in [4.78, 5) is 3.71. The Bertz CT molecular complexity index is 578.